The third-order valence-corrected chi connectivity index (χ3v) is 4.60. The molecule has 0 radical (unpaired) electrons. The summed E-state index contributed by atoms with van der Waals surface area (Å²) in [6.07, 6.45) is 0. The van der Waals surface area contributed by atoms with Crippen LogP contribution in [0.3, 0.4) is 0 Å². The van der Waals surface area contributed by atoms with Crippen molar-refractivity contribution in [3.63, 3.8) is 0 Å². The maximum absolute atomic E-state index is 6.15. The molecule has 10 heteroatoms. The largest absolute Gasteiger partial charge is 0.496 e. The van der Waals surface area contributed by atoms with E-state index in [1.54, 1.807) is 24.3 Å². The quantitative estimate of drug-likeness (QED) is 0.739. The molecule has 0 amide bonds. The highest BCUT2D eigenvalue weighted by Gasteiger charge is 2.21. The lowest BCUT2D eigenvalue weighted by Crippen LogP contribution is -2.35. The summed E-state index contributed by atoms with van der Waals surface area (Å²) in [6, 6.07) is 6.71. The molecule has 8 nitrogen and oxygen atoms in total. The summed E-state index contributed by atoms with van der Waals surface area (Å²) in [5, 5.41) is 9.53. The Morgan fingerprint density at radius 1 is 0.607 bits per heavy atom. The van der Waals surface area contributed by atoms with E-state index in [4.69, 9.17) is 42.1 Å². The van der Waals surface area contributed by atoms with Gasteiger partial charge in [0.05, 0.1) is 49.6 Å². The summed E-state index contributed by atoms with van der Waals surface area (Å²) in [5.74, 6) is 2.86. The van der Waals surface area contributed by atoms with Gasteiger partial charge in [-0.3, -0.25) is 10.9 Å². The SMILES string of the molecule is COc1cc(C2=NNC(c3cc(OC)c(Cl)cc3OC)=NN2)c(OC)cc1Cl. The van der Waals surface area contributed by atoms with Crippen molar-refractivity contribution in [1.29, 1.82) is 0 Å². The highest BCUT2D eigenvalue weighted by atomic mass is 35.5. The van der Waals surface area contributed by atoms with Crippen molar-refractivity contribution in [1.82, 2.24) is 10.9 Å². The molecule has 2 aromatic carbocycles. The smallest absolute Gasteiger partial charge is 0.177 e. The van der Waals surface area contributed by atoms with Crippen LogP contribution >= 0.6 is 23.2 Å². The van der Waals surface area contributed by atoms with Gasteiger partial charge in [0.15, 0.2) is 11.7 Å². The number of benzene rings is 2. The second-order valence-electron chi connectivity index (χ2n) is 5.52. The Balaban J connectivity index is 1.93. The first-order chi connectivity index (χ1) is 13.5. The molecule has 0 unspecified atom stereocenters. The first kappa shape index (κ1) is 19.9. The number of amidine groups is 2. The van der Waals surface area contributed by atoms with Crippen LogP contribution in [0.4, 0.5) is 0 Å². The zero-order valence-corrected chi connectivity index (χ0v) is 17.1. The number of hydrazone groups is 2. The summed E-state index contributed by atoms with van der Waals surface area (Å²) >= 11 is 12.3. The van der Waals surface area contributed by atoms with Gasteiger partial charge in [-0.05, 0) is 12.1 Å². The lowest BCUT2D eigenvalue weighted by Gasteiger charge is -2.19. The molecule has 0 saturated heterocycles. The summed E-state index contributed by atoms with van der Waals surface area (Å²) in [4.78, 5) is 0. The van der Waals surface area contributed by atoms with Gasteiger partial charge < -0.3 is 18.9 Å². The lowest BCUT2D eigenvalue weighted by molar-refractivity contribution is 0.402. The van der Waals surface area contributed by atoms with Crippen LogP contribution in [0, 0.1) is 0 Å². The van der Waals surface area contributed by atoms with E-state index in [-0.39, 0.29) is 0 Å². The normalized spacial score (nSPS) is 12.9. The Kier molecular flexibility index (Phi) is 6.01. The molecule has 0 aromatic heterocycles. The van der Waals surface area contributed by atoms with Crippen molar-refractivity contribution in [2.75, 3.05) is 28.4 Å². The van der Waals surface area contributed by atoms with Crippen LogP contribution in [0.2, 0.25) is 10.0 Å². The molecule has 1 heterocycles. The Labute approximate surface area is 172 Å². The number of hydrogen-bond donors (Lipinski definition) is 2. The van der Waals surface area contributed by atoms with Crippen molar-refractivity contribution in [2.24, 2.45) is 10.2 Å². The predicted octanol–water partition coefficient (Wildman–Crippen LogP) is 3.24. The summed E-state index contributed by atoms with van der Waals surface area (Å²) in [7, 11) is 6.14. The molecule has 2 aromatic rings. The molecule has 1 aliphatic rings. The summed E-state index contributed by atoms with van der Waals surface area (Å²) in [6.45, 7) is 0. The highest BCUT2D eigenvalue weighted by molar-refractivity contribution is 6.33. The zero-order valence-electron chi connectivity index (χ0n) is 15.6. The maximum atomic E-state index is 6.15. The van der Waals surface area contributed by atoms with E-state index in [0.29, 0.717) is 55.8 Å². The molecule has 3 rings (SSSR count). The van der Waals surface area contributed by atoms with E-state index < -0.39 is 0 Å². The van der Waals surface area contributed by atoms with Gasteiger partial charge in [-0.25, -0.2) is 0 Å². The number of nitrogens with one attached hydrogen (secondary N) is 2. The number of halogens is 2. The maximum Gasteiger partial charge on any atom is 0.177 e. The van der Waals surface area contributed by atoms with Crippen LogP contribution in [0.1, 0.15) is 11.1 Å². The molecule has 28 heavy (non-hydrogen) atoms. The number of hydrogen-bond acceptors (Lipinski definition) is 8. The molecular weight excluding hydrogens is 407 g/mol. The minimum absolute atomic E-state index is 0.426. The third kappa shape index (κ3) is 3.74. The Morgan fingerprint density at radius 3 is 1.25 bits per heavy atom. The van der Waals surface area contributed by atoms with Crippen molar-refractivity contribution < 1.29 is 18.9 Å². The number of nitrogens with zero attached hydrogens (tertiary/aromatic N) is 2. The van der Waals surface area contributed by atoms with Gasteiger partial charge in [0.25, 0.3) is 0 Å². The van der Waals surface area contributed by atoms with E-state index in [1.165, 1.54) is 28.4 Å². The molecule has 0 atom stereocenters. The molecule has 0 fully saturated rings. The second kappa shape index (κ2) is 8.45. The predicted molar refractivity (Wildman–Crippen MR) is 108 cm³/mol. The Morgan fingerprint density at radius 2 is 0.964 bits per heavy atom. The van der Waals surface area contributed by atoms with Crippen LogP contribution in [-0.4, -0.2) is 40.1 Å². The molecule has 1 aliphatic heterocycles. The summed E-state index contributed by atoms with van der Waals surface area (Å²) in [5.41, 5.74) is 7.05. The molecule has 0 spiro atoms. The zero-order chi connectivity index (χ0) is 20.3. The van der Waals surface area contributed by atoms with Crippen LogP contribution in [0.5, 0.6) is 23.0 Å². The van der Waals surface area contributed by atoms with Gasteiger partial charge >= 0.3 is 0 Å². The Hall–Kier alpha value is -2.84. The van der Waals surface area contributed by atoms with Crippen molar-refractivity contribution >= 4 is 34.9 Å². The fourth-order valence-corrected chi connectivity index (χ4v) is 3.06. The van der Waals surface area contributed by atoms with Crippen LogP contribution in [0.15, 0.2) is 34.5 Å². The van der Waals surface area contributed by atoms with Gasteiger partial charge in [0.1, 0.15) is 23.0 Å². The average molecular weight is 425 g/mol. The van der Waals surface area contributed by atoms with E-state index in [0.717, 1.165) is 0 Å². The minimum Gasteiger partial charge on any atom is -0.496 e. The van der Waals surface area contributed by atoms with Gasteiger partial charge in [-0.2, -0.15) is 10.2 Å². The van der Waals surface area contributed by atoms with Crippen molar-refractivity contribution in [3.05, 3.63) is 45.4 Å². The van der Waals surface area contributed by atoms with E-state index >= 15 is 0 Å². The average Bonchev–Trinajstić information content (AvgIpc) is 2.73. The van der Waals surface area contributed by atoms with Gasteiger partial charge in [0, 0.05) is 12.1 Å². The Bertz CT molecular complexity index is 886. The molecular formula is C18H18Cl2N4O4. The van der Waals surface area contributed by atoms with Gasteiger partial charge in [-0.1, -0.05) is 23.2 Å². The standard InChI is InChI=1S/C18H18Cl2N4O4/c1-25-13-7-11(19)15(27-3)5-9(13)17-21-23-18(24-22-17)10-6-16(28-4)12(20)8-14(10)26-2/h5-8H,1-4H3,(H,21,22)(H,23,24). The molecule has 0 saturated carbocycles. The monoisotopic (exact) mass is 424 g/mol. The van der Waals surface area contributed by atoms with Crippen molar-refractivity contribution in [3.8, 4) is 23.0 Å². The first-order valence-electron chi connectivity index (χ1n) is 8.03. The minimum atomic E-state index is 0.426. The third-order valence-electron chi connectivity index (χ3n) is 4.01. The van der Waals surface area contributed by atoms with E-state index in [2.05, 4.69) is 21.1 Å². The van der Waals surface area contributed by atoms with E-state index in [9.17, 15) is 0 Å². The van der Waals surface area contributed by atoms with Crippen LogP contribution in [0.25, 0.3) is 0 Å². The fourth-order valence-electron chi connectivity index (χ4n) is 2.60. The topological polar surface area (TPSA) is 85.7 Å². The highest BCUT2D eigenvalue weighted by Crippen LogP contribution is 2.34. The number of rotatable bonds is 6. The summed E-state index contributed by atoms with van der Waals surface area (Å²) < 4.78 is 21.3. The number of ether oxygens (including phenoxy) is 4. The molecule has 0 bridgehead atoms. The molecule has 2 N–H and O–H groups in total. The van der Waals surface area contributed by atoms with Gasteiger partial charge in [-0.15, -0.1) is 0 Å². The van der Waals surface area contributed by atoms with Crippen LogP contribution in [-0.2, 0) is 0 Å². The second-order valence-corrected chi connectivity index (χ2v) is 6.33. The van der Waals surface area contributed by atoms with Gasteiger partial charge in [0.2, 0.25) is 0 Å². The number of methoxy groups -OCH3 is 4. The van der Waals surface area contributed by atoms with Crippen molar-refractivity contribution in [2.45, 2.75) is 0 Å². The molecule has 0 aliphatic carbocycles. The van der Waals surface area contributed by atoms with E-state index in [1.807, 2.05) is 0 Å². The fraction of sp³-hybridized carbons (Fsp3) is 0.222. The van der Waals surface area contributed by atoms with Crippen LogP contribution < -0.4 is 29.8 Å². The first-order valence-corrected chi connectivity index (χ1v) is 8.79. The lowest BCUT2D eigenvalue weighted by atomic mass is 10.1. The molecule has 148 valence electrons.